The molecule has 0 amide bonds. The van der Waals surface area contributed by atoms with Crippen LogP contribution in [-0.2, 0) is 11.2 Å². The number of fused-ring (bicyclic) bond motifs is 1. The molecular formula is C16H22N2O3. The largest absolute Gasteiger partial charge is 0.491 e. The highest BCUT2D eigenvalue weighted by molar-refractivity contribution is 5.80. The Hall–Kier alpha value is -1.88. The maximum absolute atomic E-state index is 11.9. The van der Waals surface area contributed by atoms with Crippen LogP contribution in [0.25, 0.3) is 10.9 Å². The summed E-state index contributed by atoms with van der Waals surface area (Å²) >= 11 is 0. The molecule has 0 aliphatic carbocycles. The molecular weight excluding hydrogens is 268 g/mol. The van der Waals surface area contributed by atoms with E-state index in [1.807, 2.05) is 12.1 Å². The summed E-state index contributed by atoms with van der Waals surface area (Å²) in [5.41, 5.74) is 1.61. The molecule has 0 saturated carbocycles. The molecule has 2 aromatic rings. The van der Waals surface area contributed by atoms with Gasteiger partial charge in [-0.2, -0.15) is 0 Å². The van der Waals surface area contributed by atoms with Crippen LogP contribution < -0.4 is 10.3 Å². The number of nitrogens with zero attached hydrogens (tertiary/aromatic N) is 1. The van der Waals surface area contributed by atoms with E-state index in [9.17, 15) is 4.79 Å². The molecule has 1 N–H and O–H groups in total. The molecule has 5 heteroatoms. The lowest BCUT2D eigenvalue weighted by Crippen LogP contribution is -2.09. The molecule has 0 saturated heterocycles. The third-order valence-corrected chi connectivity index (χ3v) is 3.42. The SMILES string of the molecule is CCCCCc1cc2c(=O)[nH]cnc2cc1OCCOC. The lowest BCUT2D eigenvalue weighted by Gasteiger charge is -2.12. The fraction of sp³-hybridized carbons (Fsp3) is 0.500. The minimum absolute atomic E-state index is 0.111. The van der Waals surface area contributed by atoms with Gasteiger partial charge in [0.25, 0.3) is 5.56 Å². The maximum Gasteiger partial charge on any atom is 0.258 e. The first-order valence-electron chi connectivity index (χ1n) is 7.38. The van der Waals surface area contributed by atoms with Crippen molar-refractivity contribution in [2.45, 2.75) is 32.6 Å². The summed E-state index contributed by atoms with van der Waals surface area (Å²) in [6.45, 7) is 3.20. The molecule has 0 radical (unpaired) electrons. The van der Waals surface area contributed by atoms with Crippen molar-refractivity contribution in [1.82, 2.24) is 9.97 Å². The van der Waals surface area contributed by atoms with Crippen molar-refractivity contribution in [2.24, 2.45) is 0 Å². The summed E-state index contributed by atoms with van der Waals surface area (Å²) in [7, 11) is 1.65. The molecule has 0 fully saturated rings. The van der Waals surface area contributed by atoms with Crippen LogP contribution >= 0.6 is 0 Å². The molecule has 114 valence electrons. The number of H-pyrrole nitrogens is 1. The third kappa shape index (κ3) is 4.04. The van der Waals surface area contributed by atoms with Crippen molar-refractivity contribution in [1.29, 1.82) is 0 Å². The van der Waals surface area contributed by atoms with E-state index in [0.29, 0.717) is 24.1 Å². The number of nitrogens with one attached hydrogen (secondary N) is 1. The van der Waals surface area contributed by atoms with Gasteiger partial charge in [0.1, 0.15) is 12.4 Å². The number of methoxy groups -OCH3 is 1. The Morgan fingerprint density at radius 1 is 1.24 bits per heavy atom. The average Bonchev–Trinajstić information content (AvgIpc) is 2.49. The van der Waals surface area contributed by atoms with Crippen LogP contribution in [0.3, 0.4) is 0 Å². The summed E-state index contributed by atoms with van der Waals surface area (Å²) < 4.78 is 10.8. The van der Waals surface area contributed by atoms with E-state index < -0.39 is 0 Å². The van der Waals surface area contributed by atoms with Gasteiger partial charge in [0.2, 0.25) is 0 Å². The number of aromatic amines is 1. The summed E-state index contributed by atoms with van der Waals surface area (Å²) in [5, 5.41) is 0.614. The van der Waals surface area contributed by atoms with Crippen molar-refractivity contribution in [3.05, 3.63) is 34.4 Å². The molecule has 0 spiro atoms. The van der Waals surface area contributed by atoms with Crippen molar-refractivity contribution in [3.63, 3.8) is 0 Å². The molecule has 1 aromatic carbocycles. The smallest absolute Gasteiger partial charge is 0.258 e. The predicted molar refractivity (Wildman–Crippen MR) is 83.0 cm³/mol. The Labute approximate surface area is 124 Å². The van der Waals surface area contributed by atoms with Crippen LogP contribution in [-0.4, -0.2) is 30.3 Å². The molecule has 0 atom stereocenters. The fourth-order valence-corrected chi connectivity index (χ4v) is 2.27. The second-order valence-electron chi connectivity index (χ2n) is 5.01. The van der Waals surface area contributed by atoms with E-state index in [0.717, 1.165) is 30.6 Å². The maximum atomic E-state index is 11.9. The van der Waals surface area contributed by atoms with Gasteiger partial charge in [0.15, 0.2) is 0 Å². The predicted octanol–water partition coefficient (Wildman–Crippen LogP) is 2.68. The van der Waals surface area contributed by atoms with E-state index in [-0.39, 0.29) is 5.56 Å². The summed E-state index contributed by atoms with van der Waals surface area (Å²) in [4.78, 5) is 18.7. The van der Waals surface area contributed by atoms with E-state index in [4.69, 9.17) is 9.47 Å². The lowest BCUT2D eigenvalue weighted by molar-refractivity contribution is 0.146. The van der Waals surface area contributed by atoms with Gasteiger partial charge in [0, 0.05) is 13.2 Å². The van der Waals surface area contributed by atoms with Crippen molar-refractivity contribution >= 4 is 10.9 Å². The highest BCUT2D eigenvalue weighted by atomic mass is 16.5. The third-order valence-electron chi connectivity index (χ3n) is 3.42. The zero-order valence-corrected chi connectivity index (χ0v) is 12.6. The molecule has 0 unspecified atom stereocenters. The van der Waals surface area contributed by atoms with Crippen LogP contribution in [0.5, 0.6) is 5.75 Å². The van der Waals surface area contributed by atoms with E-state index in [1.165, 1.54) is 12.7 Å². The van der Waals surface area contributed by atoms with Gasteiger partial charge in [-0.3, -0.25) is 4.79 Å². The molecule has 1 heterocycles. The monoisotopic (exact) mass is 290 g/mol. The Morgan fingerprint density at radius 2 is 2.10 bits per heavy atom. The van der Waals surface area contributed by atoms with Gasteiger partial charge in [-0.1, -0.05) is 19.8 Å². The number of aromatic nitrogens is 2. The minimum Gasteiger partial charge on any atom is -0.491 e. The number of hydrogen-bond acceptors (Lipinski definition) is 4. The number of rotatable bonds is 8. The normalized spacial score (nSPS) is 11.0. The van der Waals surface area contributed by atoms with Crippen LogP contribution in [0.4, 0.5) is 0 Å². The van der Waals surface area contributed by atoms with Crippen LogP contribution in [0.2, 0.25) is 0 Å². The van der Waals surface area contributed by atoms with Gasteiger partial charge in [-0.25, -0.2) is 4.98 Å². The van der Waals surface area contributed by atoms with Crippen LogP contribution in [0.15, 0.2) is 23.3 Å². The number of ether oxygens (including phenoxy) is 2. The summed E-state index contributed by atoms with van der Waals surface area (Å²) in [5.74, 6) is 0.800. The van der Waals surface area contributed by atoms with Gasteiger partial charge in [-0.15, -0.1) is 0 Å². The standard InChI is InChI=1S/C16H22N2O3/c1-3-4-5-6-12-9-13-14(17-11-18-16(13)19)10-15(12)21-8-7-20-2/h9-11H,3-8H2,1-2H3,(H,17,18,19). The first-order chi connectivity index (χ1) is 10.3. The molecule has 5 nitrogen and oxygen atoms in total. The molecule has 2 rings (SSSR count). The Morgan fingerprint density at radius 3 is 2.86 bits per heavy atom. The Bertz CT molecular complexity index is 637. The van der Waals surface area contributed by atoms with Crippen LogP contribution in [0.1, 0.15) is 31.7 Å². The second-order valence-corrected chi connectivity index (χ2v) is 5.01. The minimum atomic E-state index is -0.111. The van der Waals surface area contributed by atoms with E-state index in [2.05, 4.69) is 16.9 Å². The zero-order chi connectivity index (χ0) is 15.1. The van der Waals surface area contributed by atoms with Gasteiger partial charge in [-0.05, 0) is 24.5 Å². The number of unbranched alkanes of at least 4 members (excludes halogenated alkanes) is 2. The van der Waals surface area contributed by atoms with Gasteiger partial charge in [0.05, 0.1) is 23.8 Å². The first-order valence-corrected chi connectivity index (χ1v) is 7.38. The first kappa shape index (κ1) is 15.5. The highest BCUT2D eigenvalue weighted by Crippen LogP contribution is 2.25. The van der Waals surface area contributed by atoms with Gasteiger partial charge >= 0.3 is 0 Å². The summed E-state index contributed by atoms with van der Waals surface area (Å²) in [6, 6.07) is 3.75. The number of benzene rings is 1. The van der Waals surface area contributed by atoms with Crippen molar-refractivity contribution in [2.75, 3.05) is 20.3 Å². The summed E-state index contributed by atoms with van der Waals surface area (Å²) in [6.07, 6.45) is 5.73. The molecule has 1 aromatic heterocycles. The van der Waals surface area contributed by atoms with Gasteiger partial charge < -0.3 is 14.5 Å². The Balaban J connectivity index is 2.32. The Kier molecular flexibility index (Phi) is 5.75. The highest BCUT2D eigenvalue weighted by Gasteiger charge is 2.09. The molecule has 0 bridgehead atoms. The van der Waals surface area contributed by atoms with Crippen molar-refractivity contribution < 1.29 is 9.47 Å². The van der Waals surface area contributed by atoms with E-state index >= 15 is 0 Å². The lowest BCUT2D eigenvalue weighted by atomic mass is 10.0. The fourth-order valence-electron chi connectivity index (χ4n) is 2.27. The van der Waals surface area contributed by atoms with Crippen molar-refractivity contribution in [3.8, 4) is 5.75 Å². The zero-order valence-electron chi connectivity index (χ0n) is 12.6. The molecule has 21 heavy (non-hydrogen) atoms. The van der Waals surface area contributed by atoms with Crippen LogP contribution in [0, 0.1) is 0 Å². The quantitative estimate of drug-likeness (QED) is 0.759. The molecule has 0 aliphatic rings. The topological polar surface area (TPSA) is 64.2 Å². The van der Waals surface area contributed by atoms with E-state index in [1.54, 1.807) is 7.11 Å². The molecule has 0 aliphatic heterocycles. The number of hydrogen-bond donors (Lipinski definition) is 1. The second kappa shape index (κ2) is 7.78. The average molecular weight is 290 g/mol. The number of aryl methyl sites for hydroxylation is 1.